The first-order chi connectivity index (χ1) is 18.4. The fourth-order valence-corrected chi connectivity index (χ4v) is 6.00. The molecule has 0 radical (unpaired) electrons. The number of nitrogens with zero attached hydrogens (tertiary/aromatic N) is 2. The Labute approximate surface area is 224 Å². The summed E-state index contributed by atoms with van der Waals surface area (Å²) in [6.45, 7) is 0. The van der Waals surface area contributed by atoms with E-state index in [1.807, 2.05) is 41.4 Å². The Balaban J connectivity index is 1.43. The molecule has 38 heavy (non-hydrogen) atoms. The standard InChI is InChI=1S/C29H24ClN3O5/c1-37-19-10-8-18(9-11-19)33-28(35)23-24(29(33)36)26(27(34)31-21-15-17(30)7-12-22(21)38-2)32-14-13-16-5-3-4-6-20(16)25(23)32/h3-15,23-26H,1-2H3,(H,31,34)/t23-,24+,25+,26+/m0/s1. The summed E-state index contributed by atoms with van der Waals surface area (Å²) in [7, 11) is 3.04. The number of halogens is 1. The molecule has 1 N–H and O–H groups in total. The number of amides is 3. The van der Waals surface area contributed by atoms with Gasteiger partial charge in [0, 0.05) is 11.2 Å². The second-order valence-electron chi connectivity index (χ2n) is 9.38. The van der Waals surface area contributed by atoms with Gasteiger partial charge in [-0.3, -0.25) is 14.4 Å². The molecule has 0 unspecified atom stereocenters. The molecule has 6 rings (SSSR count). The summed E-state index contributed by atoms with van der Waals surface area (Å²) < 4.78 is 10.6. The van der Waals surface area contributed by atoms with Crippen LogP contribution in [0.2, 0.25) is 5.02 Å². The Hall–Kier alpha value is -4.30. The van der Waals surface area contributed by atoms with Gasteiger partial charge < -0.3 is 19.7 Å². The van der Waals surface area contributed by atoms with Gasteiger partial charge in [0.15, 0.2) is 0 Å². The van der Waals surface area contributed by atoms with Crippen molar-refractivity contribution in [3.63, 3.8) is 0 Å². The predicted molar refractivity (Wildman–Crippen MR) is 143 cm³/mol. The zero-order chi connectivity index (χ0) is 26.6. The maximum Gasteiger partial charge on any atom is 0.248 e. The fraction of sp³-hybridized carbons (Fsp3) is 0.207. The first-order valence-corrected chi connectivity index (χ1v) is 12.5. The van der Waals surface area contributed by atoms with Crippen molar-refractivity contribution >= 4 is 46.8 Å². The lowest BCUT2D eigenvalue weighted by atomic mass is 9.84. The molecule has 3 aromatic carbocycles. The van der Waals surface area contributed by atoms with Crippen molar-refractivity contribution < 1.29 is 23.9 Å². The van der Waals surface area contributed by atoms with Gasteiger partial charge in [0.25, 0.3) is 0 Å². The van der Waals surface area contributed by atoms with E-state index in [2.05, 4.69) is 5.32 Å². The van der Waals surface area contributed by atoms with Crippen molar-refractivity contribution in [2.24, 2.45) is 11.8 Å². The molecule has 3 aliphatic heterocycles. The van der Waals surface area contributed by atoms with Crippen molar-refractivity contribution in [2.75, 3.05) is 24.4 Å². The molecule has 2 saturated heterocycles. The topological polar surface area (TPSA) is 88.2 Å². The lowest BCUT2D eigenvalue weighted by molar-refractivity contribution is -0.128. The molecule has 0 bridgehead atoms. The SMILES string of the molecule is COc1ccc(N2C(=O)[C@@H]3[C@H](C2=O)[C@H]2c4ccccc4C=CN2[C@H]3C(=O)Nc2cc(Cl)ccc2OC)cc1. The largest absolute Gasteiger partial charge is 0.497 e. The Bertz CT molecular complexity index is 1490. The molecule has 3 aromatic rings. The number of benzene rings is 3. The molecule has 4 atom stereocenters. The van der Waals surface area contributed by atoms with Gasteiger partial charge in [-0.1, -0.05) is 35.9 Å². The summed E-state index contributed by atoms with van der Waals surface area (Å²) >= 11 is 6.18. The van der Waals surface area contributed by atoms with E-state index in [4.69, 9.17) is 21.1 Å². The Morgan fingerprint density at radius 3 is 2.39 bits per heavy atom. The summed E-state index contributed by atoms with van der Waals surface area (Å²) in [6.07, 6.45) is 3.71. The highest BCUT2D eigenvalue weighted by Crippen LogP contribution is 2.53. The highest BCUT2D eigenvalue weighted by Gasteiger charge is 2.64. The smallest absolute Gasteiger partial charge is 0.248 e. The van der Waals surface area contributed by atoms with Crippen LogP contribution in [0.1, 0.15) is 17.2 Å². The van der Waals surface area contributed by atoms with E-state index in [-0.39, 0.29) is 5.91 Å². The first-order valence-electron chi connectivity index (χ1n) is 12.1. The summed E-state index contributed by atoms with van der Waals surface area (Å²) in [5.74, 6) is -1.77. The molecule has 3 amide bonds. The van der Waals surface area contributed by atoms with Gasteiger partial charge in [-0.05, 0) is 59.7 Å². The molecular weight excluding hydrogens is 506 g/mol. The van der Waals surface area contributed by atoms with Gasteiger partial charge in [-0.2, -0.15) is 0 Å². The van der Waals surface area contributed by atoms with E-state index in [9.17, 15) is 14.4 Å². The van der Waals surface area contributed by atoms with Crippen LogP contribution in [0.15, 0.2) is 72.9 Å². The number of anilines is 2. The lowest BCUT2D eigenvalue weighted by Crippen LogP contribution is -2.46. The normalized spacial score (nSPS) is 23.1. The number of carbonyl (C=O) groups is 3. The van der Waals surface area contributed by atoms with E-state index in [0.29, 0.717) is 27.9 Å². The Morgan fingerprint density at radius 2 is 1.66 bits per heavy atom. The van der Waals surface area contributed by atoms with Crippen molar-refractivity contribution in [1.82, 2.24) is 4.90 Å². The number of ether oxygens (including phenoxy) is 2. The number of methoxy groups -OCH3 is 2. The van der Waals surface area contributed by atoms with Crippen molar-refractivity contribution in [3.05, 3.63) is 89.1 Å². The number of rotatable bonds is 5. The molecule has 3 heterocycles. The van der Waals surface area contributed by atoms with E-state index < -0.39 is 35.7 Å². The minimum absolute atomic E-state index is 0.332. The molecule has 0 aliphatic carbocycles. The lowest BCUT2D eigenvalue weighted by Gasteiger charge is -2.35. The van der Waals surface area contributed by atoms with E-state index in [0.717, 1.165) is 11.1 Å². The molecule has 192 valence electrons. The number of fused-ring (bicyclic) bond motifs is 5. The van der Waals surface area contributed by atoms with Gasteiger partial charge in [-0.15, -0.1) is 0 Å². The zero-order valence-corrected chi connectivity index (χ0v) is 21.4. The van der Waals surface area contributed by atoms with Crippen LogP contribution in [0.25, 0.3) is 6.08 Å². The van der Waals surface area contributed by atoms with Gasteiger partial charge in [-0.25, -0.2) is 4.90 Å². The minimum atomic E-state index is -0.932. The summed E-state index contributed by atoms with van der Waals surface area (Å²) in [5.41, 5.74) is 2.68. The van der Waals surface area contributed by atoms with Gasteiger partial charge in [0.2, 0.25) is 17.7 Å². The second-order valence-corrected chi connectivity index (χ2v) is 9.81. The third kappa shape index (κ3) is 3.63. The zero-order valence-electron chi connectivity index (χ0n) is 20.6. The third-order valence-electron chi connectivity index (χ3n) is 7.48. The molecule has 0 saturated carbocycles. The monoisotopic (exact) mass is 529 g/mol. The van der Waals surface area contributed by atoms with Crippen molar-refractivity contribution in [3.8, 4) is 11.5 Å². The molecule has 3 aliphatic rings. The van der Waals surface area contributed by atoms with E-state index >= 15 is 0 Å². The second kappa shape index (κ2) is 9.22. The number of hydrogen-bond donors (Lipinski definition) is 1. The minimum Gasteiger partial charge on any atom is -0.497 e. The van der Waals surface area contributed by atoms with Crippen molar-refractivity contribution in [1.29, 1.82) is 0 Å². The first kappa shape index (κ1) is 24.1. The summed E-state index contributed by atoms with van der Waals surface area (Å²) in [6, 6.07) is 18.0. The van der Waals surface area contributed by atoms with Gasteiger partial charge in [0.1, 0.15) is 17.5 Å². The van der Waals surface area contributed by atoms with E-state index in [1.54, 1.807) is 49.6 Å². The van der Waals surface area contributed by atoms with Crippen LogP contribution in [0, 0.1) is 11.8 Å². The molecular formula is C29H24ClN3O5. The fourth-order valence-electron chi connectivity index (χ4n) is 5.83. The quantitative estimate of drug-likeness (QED) is 0.489. The maximum absolute atomic E-state index is 13.9. The predicted octanol–water partition coefficient (Wildman–Crippen LogP) is 4.51. The molecule has 2 fully saturated rings. The molecule has 0 aromatic heterocycles. The highest BCUT2D eigenvalue weighted by atomic mass is 35.5. The average Bonchev–Trinajstić information content (AvgIpc) is 3.41. The Morgan fingerprint density at radius 1 is 0.921 bits per heavy atom. The van der Waals surface area contributed by atoms with Crippen LogP contribution in [0.3, 0.4) is 0 Å². The van der Waals surface area contributed by atoms with Gasteiger partial charge >= 0.3 is 0 Å². The van der Waals surface area contributed by atoms with Gasteiger partial charge in [0.05, 0.1) is 43.5 Å². The highest BCUT2D eigenvalue weighted by molar-refractivity contribution is 6.31. The number of hydrogen-bond acceptors (Lipinski definition) is 6. The van der Waals surface area contributed by atoms with Crippen molar-refractivity contribution in [2.45, 2.75) is 12.1 Å². The molecule has 8 nitrogen and oxygen atoms in total. The number of nitrogens with one attached hydrogen (secondary N) is 1. The van der Waals surface area contributed by atoms with E-state index in [1.165, 1.54) is 12.0 Å². The number of imide groups is 1. The van der Waals surface area contributed by atoms with Crippen LogP contribution in [0.4, 0.5) is 11.4 Å². The molecule has 0 spiro atoms. The summed E-state index contributed by atoms with van der Waals surface area (Å²) in [4.78, 5) is 44.8. The number of carbonyl (C=O) groups excluding carboxylic acids is 3. The van der Waals surface area contributed by atoms with Crippen LogP contribution in [-0.2, 0) is 14.4 Å². The van der Waals surface area contributed by atoms with Crippen LogP contribution >= 0.6 is 11.6 Å². The summed E-state index contributed by atoms with van der Waals surface area (Å²) in [5, 5.41) is 3.32. The maximum atomic E-state index is 13.9. The Kier molecular flexibility index (Phi) is 5.84. The molecule has 9 heteroatoms. The third-order valence-corrected chi connectivity index (χ3v) is 7.72. The van der Waals surface area contributed by atoms with Crippen LogP contribution < -0.4 is 19.7 Å². The average molecular weight is 530 g/mol. The van der Waals surface area contributed by atoms with Crippen LogP contribution in [-0.4, -0.2) is 42.9 Å². The van der Waals surface area contributed by atoms with Crippen LogP contribution in [0.5, 0.6) is 11.5 Å².